The quantitative estimate of drug-likeness (QED) is 0.769. The zero-order chi connectivity index (χ0) is 12.9. The smallest absolute Gasteiger partial charge is 0.240 e. The molecule has 2 N–H and O–H groups in total. The lowest BCUT2D eigenvalue weighted by atomic mass is 10.3. The Morgan fingerprint density at radius 3 is 2.76 bits per heavy atom. The Bertz CT molecular complexity index is 475. The van der Waals surface area contributed by atoms with Crippen LogP contribution in [0.4, 0.5) is 0 Å². The summed E-state index contributed by atoms with van der Waals surface area (Å²) in [6.07, 6.45) is 0.382. The maximum atomic E-state index is 11.8. The summed E-state index contributed by atoms with van der Waals surface area (Å²) in [7, 11) is -2.08. The van der Waals surface area contributed by atoms with Crippen molar-refractivity contribution in [2.45, 2.75) is 11.3 Å². The summed E-state index contributed by atoms with van der Waals surface area (Å²) >= 11 is 3.25. The summed E-state index contributed by atoms with van der Waals surface area (Å²) in [5.41, 5.74) is 0. The SMILES string of the molecule is COc1cc(S(=O)(=O)NCCCO)ccc1Br. The van der Waals surface area contributed by atoms with Crippen LogP contribution < -0.4 is 9.46 Å². The van der Waals surface area contributed by atoms with Crippen molar-refractivity contribution in [3.05, 3.63) is 22.7 Å². The first kappa shape index (κ1) is 14.4. The molecule has 5 nitrogen and oxygen atoms in total. The van der Waals surface area contributed by atoms with Crippen molar-refractivity contribution in [2.24, 2.45) is 0 Å². The largest absolute Gasteiger partial charge is 0.496 e. The highest BCUT2D eigenvalue weighted by Gasteiger charge is 2.15. The lowest BCUT2D eigenvalue weighted by Gasteiger charge is -2.08. The van der Waals surface area contributed by atoms with Crippen LogP contribution in [0.15, 0.2) is 27.6 Å². The molecule has 0 atom stereocenters. The van der Waals surface area contributed by atoms with Crippen molar-refractivity contribution in [1.29, 1.82) is 0 Å². The van der Waals surface area contributed by atoms with Crippen LogP contribution >= 0.6 is 15.9 Å². The predicted octanol–water partition coefficient (Wildman–Crippen LogP) is 1.12. The second-order valence-corrected chi connectivity index (χ2v) is 5.89. The molecule has 0 saturated carbocycles. The zero-order valence-corrected chi connectivity index (χ0v) is 11.7. The van der Waals surface area contributed by atoms with E-state index in [1.165, 1.54) is 19.2 Å². The van der Waals surface area contributed by atoms with Crippen LogP contribution in [0.2, 0.25) is 0 Å². The number of ether oxygens (including phenoxy) is 1. The van der Waals surface area contributed by atoms with Gasteiger partial charge in [0.15, 0.2) is 0 Å². The normalized spacial score (nSPS) is 11.5. The molecule has 0 heterocycles. The molecule has 0 aliphatic rings. The topological polar surface area (TPSA) is 75.6 Å². The van der Waals surface area contributed by atoms with Crippen LogP contribution in [-0.4, -0.2) is 33.8 Å². The van der Waals surface area contributed by atoms with E-state index in [1.807, 2.05) is 0 Å². The number of benzene rings is 1. The van der Waals surface area contributed by atoms with Crippen molar-refractivity contribution >= 4 is 26.0 Å². The second kappa shape index (κ2) is 6.34. The number of methoxy groups -OCH3 is 1. The first-order valence-electron chi connectivity index (χ1n) is 4.95. The van der Waals surface area contributed by atoms with Gasteiger partial charge < -0.3 is 9.84 Å². The van der Waals surface area contributed by atoms with Crippen LogP contribution in [0, 0.1) is 0 Å². The third kappa shape index (κ3) is 3.95. The number of sulfonamides is 1. The number of hydrogen-bond acceptors (Lipinski definition) is 4. The van der Waals surface area contributed by atoms with Crippen LogP contribution in [0.3, 0.4) is 0 Å². The molecule has 96 valence electrons. The van der Waals surface area contributed by atoms with Gasteiger partial charge in [-0.15, -0.1) is 0 Å². The summed E-state index contributed by atoms with van der Waals surface area (Å²) in [4.78, 5) is 0.135. The third-order valence-corrected chi connectivity index (χ3v) is 4.17. The standard InChI is InChI=1S/C10H14BrNO4S/c1-16-10-7-8(3-4-9(10)11)17(14,15)12-5-2-6-13/h3-4,7,12-13H,2,5-6H2,1H3. The first-order chi connectivity index (χ1) is 8.01. The van der Waals surface area contributed by atoms with Crippen molar-refractivity contribution < 1.29 is 18.3 Å². The number of halogens is 1. The van der Waals surface area contributed by atoms with Crippen LogP contribution in [-0.2, 0) is 10.0 Å². The molecule has 0 bridgehead atoms. The van der Waals surface area contributed by atoms with Gasteiger partial charge in [-0.3, -0.25) is 0 Å². The maximum Gasteiger partial charge on any atom is 0.240 e. The molecule has 0 amide bonds. The second-order valence-electron chi connectivity index (χ2n) is 3.27. The summed E-state index contributed by atoms with van der Waals surface area (Å²) in [6, 6.07) is 4.53. The monoisotopic (exact) mass is 323 g/mol. The van der Waals surface area contributed by atoms with E-state index in [0.29, 0.717) is 16.6 Å². The van der Waals surface area contributed by atoms with E-state index in [4.69, 9.17) is 9.84 Å². The Hall–Kier alpha value is -0.630. The Morgan fingerprint density at radius 1 is 1.47 bits per heavy atom. The maximum absolute atomic E-state index is 11.8. The van der Waals surface area contributed by atoms with E-state index in [1.54, 1.807) is 6.07 Å². The molecule has 0 fully saturated rings. The number of aliphatic hydroxyl groups excluding tert-OH is 1. The fraction of sp³-hybridized carbons (Fsp3) is 0.400. The van der Waals surface area contributed by atoms with Gasteiger partial charge in [0.25, 0.3) is 0 Å². The van der Waals surface area contributed by atoms with Gasteiger partial charge in [-0.05, 0) is 34.5 Å². The highest BCUT2D eigenvalue weighted by atomic mass is 79.9. The van der Waals surface area contributed by atoms with Crippen LogP contribution in [0.5, 0.6) is 5.75 Å². The van der Waals surface area contributed by atoms with Gasteiger partial charge >= 0.3 is 0 Å². The third-order valence-electron chi connectivity index (χ3n) is 2.06. The summed E-state index contributed by atoms with van der Waals surface area (Å²) in [5, 5.41) is 8.59. The number of rotatable bonds is 6. The van der Waals surface area contributed by atoms with E-state index >= 15 is 0 Å². The van der Waals surface area contributed by atoms with Crippen LogP contribution in [0.1, 0.15) is 6.42 Å². The van der Waals surface area contributed by atoms with Gasteiger partial charge in [-0.25, -0.2) is 13.1 Å². The summed E-state index contributed by atoms with van der Waals surface area (Å²) < 4.78 is 31.8. The van der Waals surface area contributed by atoms with Gasteiger partial charge in [0.2, 0.25) is 10.0 Å². The van der Waals surface area contributed by atoms with Crippen molar-refractivity contribution in [3.63, 3.8) is 0 Å². The fourth-order valence-electron chi connectivity index (χ4n) is 1.18. The van der Waals surface area contributed by atoms with Crippen molar-refractivity contribution in [2.75, 3.05) is 20.3 Å². The molecule has 0 radical (unpaired) electrons. The molecule has 0 unspecified atom stereocenters. The lowest BCUT2D eigenvalue weighted by Crippen LogP contribution is -2.25. The van der Waals surface area contributed by atoms with Gasteiger partial charge in [-0.2, -0.15) is 0 Å². The summed E-state index contributed by atoms with van der Waals surface area (Å²) in [6.45, 7) is 0.156. The van der Waals surface area contributed by atoms with Crippen LogP contribution in [0.25, 0.3) is 0 Å². The van der Waals surface area contributed by atoms with Gasteiger partial charge in [0.1, 0.15) is 5.75 Å². The molecule has 0 aliphatic heterocycles. The number of hydrogen-bond donors (Lipinski definition) is 2. The number of aliphatic hydroxyl groups is 1. The fourth-order valence-corrected chi connectivity index (χ4v) is 2.67. The van der Waals surface area contributed by atoms with Gasteiger partial charge in [0.05, 0.1) is 16.5 Å². The van der Waals surface area contributed by atoms with Crippen molar-refractivity contribution in [3.8, 4) is 5.75 Å². The minimum Gasteiger partial charge on any atom is -0.496 e. The van der Waals surface area contributed by atoms with Gasteiger partial charge in [-0.1, -0.05) is 0 Å². The zero-order valence-electron chi connectivity index (χ0n) is 9.31. The Balaban J connectivity index is 2.91. The van der Waals surface area contributed by atoms with E-state index in [2.05, 4.69) is 20.7 Å². The van der Waals surface area contributed by atoms with E-state index in [0.717, 1.165) is 0 Å². The molecule has 1 rings (SSSR count). The molecule has 17 heavy (non-hydrogen) atoms. The average molecular weight is 324 g/mol. The van der Waals surface area contributed by atoms with E-state index in [9.17, 15) is 8.42 Å². The molecule has 0 saturated heterocycles. The predicted molar refractivity (Wildman–Crippen MR) is 67.6 cm³/mol. The Kier molecular flexibility index (Phi) is 5.38. The molecule has 0 aliphatic carbocycles. The molecule has 0 aromatic heterocycles. The summed E-state index contributed by atoms with van der Waals surface area (Å²) in [5.74, 6) is 0.454. The molecule has 7 heteroatoms. The lowest BCUT2D eigenvalue weighted by molar-refractivity contribution is 0.289. The molecule has 1 aromatic carbocycles. The molecular formula is C10H14BrNO4S. The molecular weight excluding hydrogens is 310 g/mol. The minimum atomic E-state index is -3.54. The Morgan fingerprint density at radius 2 is 2.18 bits per heavy atom. The van der Waals surface area contributed by atoms with Crippen molar-refractivity contribution in [1.82, 2.24) is 4.72 Å². The Labute approximate surface area is 109 Å². The highest BCUT2D eigenvalue weighted by Crippen LogP contribution is 2.27. The average Bonchev–Trinajstić information content (AvgIpc) is 2.29. The minimum absolute atomic E-state index is 0.0494. The molecule has 0 spiro atoms. The van der Waals surface area contributed by atoms with Gasteiger partial charge in [0, 0.05) is 19.2 Å². The van der Waals surface area contributed by atoms with E-state index in [-0.39, 0.29) is 18.0 Å². The first-order valence-corrected chi connectivity index (χ1v) is 7.23. The highest BCUT2D eigenvalue weighted by molar-refractivity contribution is 9.10. The van der Waals surface area contributed by atoms with E-state index < -0.39 is 10.0 Å². The molecule has 1 aromatic rings. The number of nitrogens with one attached hydrogen (secondary N) is 1.